The highest BCUT2D eigenvalue weighted by molar-refractivity contribution is 7.91. The van der Waals surface area contributed by atoms with E-state index in [2.05, 4.69) is 5.32 Å². The number of carbonyl (C=O) groups excluding carboxylic acids is 2. The number of esters is 1. The smallest absolute Gasteiger partial charge is 0.315 e. The minimum absolute atomic E-state index is 0.0360. The Balaban J connectivity index is 1.77. The van der Waals surface area contributed by atoms with Gasteiger partial charge in [0, 0.05) is 11.8 Å². The zero-order valence-electron chi connectivity index (χ0n) is 17.8. The van der Waals surface area contributed by atoms with Crippen molar-refractivity contribution in [1.29, 1.82) is 0 Å². The number of nitrogens with one attached hydrogen (secondary N) is 1. The van der Waals surface area contributed by atoms with Crippen LogP contribution in [0.5, 0.6) is 17.2 Å². The van der Waals surface area contributed by atoms with Crippen LogP contribution >= 0.6 is 23.2 Å². The van der Waals surface area contributed by atoms with Gasteiger partial charge in [-0.05, 0) is 49.9 Å². The fourth-order valence-electron chi connectivity index (χ4n) is 3.26. The molecule has 1 saturated carbocycles. The van der Waals surface area contributed by atoms with Crippen LogP contribution in [-0.4, -0.2) is 37.8 Å². The van der Waals surface area contributed by atoms with Crippen molar-refractivity contribution in [3.63, 3.8) is 0 Å². The first kappa shape index (κ1) is 25.1. The van der Waals surface area contributed by atoms with E-state index in [1.165, 1.54) is 30.3 Å². The van der Waals surface area contributed by atoms with Crippen molar-refractivity contribution in [2.24, 2.45) is 5.92 Å². The molecule has 11 heteroatoms. The van der Waals surface area contributed by atoms with Gasteiger partial charge in [-0.25, -0.2) is 8.42 Å². The van der Waals surface area contributed by atoms with Crippen molar-refractivity contribution < 1.29 is 32.6 Å². The van der Waals surface area contributed by atoms with Gasteiger partial charge in [0.05, 0.1) is 22.4 Å². The van der Waals surface area contributed by atoms with Gasteiger partial charge in [0.2, 0.25) is 5.91 Å². The predicted octanol–water partition coefficient (Wildman–Crippen LogP) is 4.96. The molecule has 3 rings (SSSR count). The van der Waals surface area contributed by atoms with Crippen LogP contribution in [0.25, 0.3) is 0 Å². The fraction of sp³-hybridized carbons (Fsp3) is 0.364. The summed E-state index contributed by atoms with van der Waals surface area (Å²) in [5.74, 6) is -1.42. The Morgan fingerprint density at radius 3 is 2.39 bits per heavy atom. The van der Waals surface area contributed by atoms with Gasteiger partial charge in [-0.1, -0.05) is 29.6 Å². The molecule has 8 nitrogen and oxygen atoms in total. The molecule has 0 unspecified atom stereocenters. The number of carbonyl (C=O) groups is 2. The molecule has 0 aliphatic heterocycles. The number of halogens is 2. The van der Waals surface area contributed by atoms with Gasteiger partial charge in [-0.2, -0.15) is 0 Å². The van der Waals surface area contributed by atoms with Crippen LogP contribution in [-0.2, 0) is 24.2 Å². The SMILES string of the molecule is CCOC(=O)CC(=O)Nc1cc(Cl)c(Oc2ccc(O)c(S(=O)(=O)CC3CCC3)c2)c(Cl)c1. The van der Waals surface area contributed by atoms with E-state index in [-0.39, 0.29) is 56.2 Å². The number of benzene rings is 2. The summed E-state index contributed by atoms with van der Waals surface area (Å²) >= 11 is 12.5. The third-order valence-corrected chi connectivity index (χ3v) is 7.53. The number of phenolic OH excluding ortho intramolecular Hbond substituents is 1. The first-order chi connectivity index (χ1) is 15.6. The van der Waals surface area contributed by atoms with Gasteiger partial charge < -0.3 is 19.9 Å². The lowest BCUT2D eigenvalue weighted by atomic mass is 9.87. The lowest BCUT2D eigenvalue weighted by molar-refractivity contribution is -0.145. The molecule has 0 saturated heterocycles. The normalized spacial score (nSPS) is 13.8. The molecule has 1 aliphatic rings. The van der Waals surface area contributed by atoms with Crippen molar-refractivity contribution in [3.05, 3.63) is 40.4 Å². The summed E-state index contributed by atoms with van der Waals surface area (Å²) in [7, 11) is -3.70. The average Bonchev–Trinajstić information content (AvgIpc) is 2.69. The van der Waals surface area contributed by atoms with Gasteiger partial charge in [0.15, 0.2) is 15.6 Å². The topological polar surface area (TPSA) is 119 Å². The average molecular weight is 516 g/mol. The van der Waals surface area contributed by atoms with E-state index in [4.69, 9.17) is 32.7 Å². The minimum atomic E-state index is -3.70. The molecular weight excluding hydrogens is 493 g/mol. The molecule has 0 radical (unpaired) electrons. The highest BCUT2D eigenvalue weighted by Crippen LogP contribution is 2.40. The molecule has 2 aromatic carbocycles. The van der Waals surface area contributed by atoms with E-state index in [9.17, 15) is 23.1 Å². The number of rotatable bonds is 9. The number of hydrogen-bond acceptors (Lipinski definition) is 7. The molecule has 1 fully saturated rings. The number of sulfone groups is 1. The zero-order valence-corrected chi connectivity index (χ0v) is 20.1. The summed E-state index contributed by atoms with van der Waals surface area (Å²) in [6.07, 6.45) is 2.24. The second kappa shape index (κ2) is 10.6. The van der Waals surface area contributed by atoms with Crippen molar-refractivity contribution in [2.45, 2.75) is 37.5 Å². The predicted molar refractivity (Wildman–Crippen MR) is 124 cm³/mol. The maximum absolute atomic E-state index is 12.7. The van der Waals surface area contributed by atoms with Crippen molar-refractivity contribution in [1.82, 2.24) is 0 Å². The first-order valence-electron chi connectivity index (χ1n) is 10.3. The van der Waals surface area contributed by atoms with Crippen LogP contribution in [0.15, 0.2) is 35.2 Å². The Bertz CT molecular complexity index is 1140. The maximum atomic E-state index is 12.7. The summed E-state index contributed by atoms with van der Waals surface area (Å²) in [4.78, 5) is 23.2. The second-order valence-corrected chi connectivity index (χ2v) is 10.4. The number of amides is 1. The molecule has 2 aromatic rings. The lowest BCUT2D eigenvalue weighted by Crippen LogP contribution is -2.22. The van der Waals surface area contributed by atoms with Gasteiger partial charge in [-0.15, -0.1) is 0 Å². The molecule has 0 heterocycles. The molecule has 178 valence electrons. The summed E-state index contributed by atoms with van der Waals surface area (Å²) in [6, 6.07) is 6.60. The molecule has 1 aliphatic carbocycles. The highest BCUT2D eigenvalue weighted by Gasteiger charge is 2.28. The summed E-state index contributed by atoms with van der Waals surface area (Å²) < 4.78 is 35.9. The third kappa shape index (κ3) is 6.52. The largest absolute Gasteiger partial charge is 0.507 e. The minimum Gasteiger partial charge on any atom is -0.507 e. The van der Waals surface area contributed by atoms with Crippen LogP contribution < -0.4 is 10.1 Å². The van der Waals surface area contributed by atoms with E-state index < -0.39 is 28.1 Å². The monoisotopic (exact) mass is 515 g/mol. The quantitative estimate of drug-likeness (QED) is 0.357. The van der Waals surface area contributed by atoms with Gasteiger partial charge in [0.1, 0.15) is 22.8 Å². The van der Waals surface area contributed by atoms with E-state index in [1.54, 1.807) is 6.92 Å². The number of hydrogen-bond donors (Lipinski definition) is 2. The maximum Gasteiger partial charge on any atom is 0.315 e. The molecule has 2 N–H and O–H groups in total. The van der Waals surface area contributed by atoms with E-state index in [0.29, 0.717) is 0 Å². The molecule has 0 aromatic heterocycles. The Labute approximate surface area is 201 Å². The molecule has 0 spiro atoms. The number of aromatic hydroxyl groups is 1. The van der Waals surface area contributed by atoms with Crippen LogP contribution in [0.1, 0.15) is 32.6 Å². The van der Waals surface area contributed by atoms with Crippen LogP contribution in [0, 0.1) is 5.92 Å². The van der Waals surface area contributed by atoms with Crippen LogP contribution in [0.2, 0.25) is 10.0 Å². The number of anilines is 1. The molecular formula is C22H23Cl2NO7S. The first-order valence-corrected chi connectivity index (χ1v) is 12.7. The van der Waals surface area contributed by atoms with Crippen molar-refractivity contribution in [3.8, 4) is 17.2 Å². The number of ether oxygens (including phenoxy) is 2. The van der Waals surface area contributed by atoms with Crippen molar-refractivity contribution >= 4 is 50.6 Å². The third-order valence-electron chi connectivity index (χ3n) is 5.06. The standard InChI is InChI=1S/C22H23Cl2NO7S/c1-2-31-21(28)11-20(27)25-14-8-16(23)22(17(24)9-14)32-15-6-7-18(26)19(10-15)33(29,30)12-13-4-3-5-13/h6-10,13,26H,2-5,11-12H2,1H3,(H,25,27). The zero-order chi connectivity index (χ0) is 24.2. The van der Waals surface area contributed by atoms with E-state index in [0.717, 1.165) is 19.3 Å². The Morgan fingerprint density at radius 1 is 1.15 bits per heavy atom. The Kier molecular flexibility index (Phi) is 8.10. The second-order valence-electron chi connectivity index (χ2n) is 7.61. The van der Waals surface area contributed by atoms with E-state index >= 15 is 0 Å². The summed E-state index contributed by atoms with van der Waals surface area (Å²) in [5.41, 5.74) is 0.237. The van der Waals surface area contributed by atoms with E-state index in [1.807, 2.05) is 0 Å². The molecule has 0 atom stereocenters. The van der Waals surface area contributed by atoms with Gasteiger partial charge >= 0.3 is 5.97 Å². The van der Waals surface area contributed by atoms with Crippen LogP contribution in [0.3, 0.4) is 0 Å². The van der Waals surface area contributed by atoms with Crippen molar-refractivity contribution in [2.75, 3.05) is 17.7 Å². The number of phenols is 1. The van der Waals surface area contributed by atoms with Gasteiger partial charge in [-0.3, -0.25) is 9.59 Å². The lowest BCUT2D eigenvalue weighted by Gasteiger charge is -2.25. The summed E-state index contributed by atoms with van der Waals surface area (Å²) in [5, 5.41) is 12.7. The molecule has 0 bridgehead atoms. The Hall–Kier alpha value is -2.49. The summed E-state index contributed by atoms with van der Waals surface area (Å²) in [6.45, 7) is 1.80. The van der Waals surface area contributed by atoms with Gasteiger partial charge in [0.25, 0.3) is 0 Å². The highest BCUT2D eigenvalue weighted by atomic mass is 35.5. The Morgan fingerprint density at radius 2 is 1.82 bits per heavy atom. The van der Waals surface area contributed by atoms with Crippen LogP contribution in [0.4, 0.5) is 5.69 Å². The fourth-order valence-corrected chi connectivity index (χ4v) is 5.64. The molecule has 1 amide bonds. The molecule has 33 heavy (non-hydrogen) atoms.